The molecular weight excluding hydrogens is 436 g/mol. The van der Waals surface area contributed by atoms with E-state index in [1.165, 1.54) is 0 Å². The maximum absolute atomic E-state index is 13.3. The van der Waals surface area contributed by atoms with E-state index in [1.807, 2.05) is 76.2 Å². The Bertz CT molecular complexity index is 892. The number of benzene rings is 2. The molecule has 0 bridgehead atoms. The molecule has 1 unspecified atom stereocenters. The van der Waals surface area contributed by atoms with Crippen LogP contribution in [0.25, 0.3) is 0 Å². The molecule has 0 saturated carbocycles. The highest BCUT2D eigenvalue weighted by atomic mass is 32.2. The fourth-order valence-corrected chi connectivity index (χ4v) is 4.23. The van der Waals surface area contributed by atoms with Crippen molar-refractivity contribution < 1.29 is 19.1 Å². The summed E-state index contributed by atoms with van der Waals surface area (Å²) in [6, 6.07) is 14.9. The lowest BCUT2D eigenvalue weighted by Crippen LogP contribution is -2.53. The molecule has 0 spiro atoms. The molecule has 2 amide bonds. The van der Waals surface area contributed by atoms with Crippen LogP contribution in [0.1, 0.15) is 45.2 Å². The van der Waals surface area contributed by atoms with Crippen LogP contribution in [-0.4, -0.2) is 48.3 Å². The monoisotopic (exact) mass is 472 g/mol. The van der Waals surface area contributed by atoms with E-state index in [-0.39, 0.29) is 17.4 Å². The van der Waals surface area contributed by atoms with Crippen LogP contribution in [-0.2, 0) is 21.9 Å². The van der Waals surface area contributed by atoms with E-state index in [1.54, 1.807) is 30.9 Å². The smallest absolute Gasteiger partial charge is 0.243 e. The molecule has 0 fully saturated rings. The maximum atomic E-state index is 13.3. The van der Waals surface area contributed by atoms with Gasteiger partial charge in [0.05, 0.1) is 20.0 Å². The van der Waals surface area contributed by atoms with E-state index in [9.17, 15) is 9.59 Å². The first-order chi connectivity index (χ1) is 15.7. The second-order valence-electron chi connectivity index (χ2n) is 8.87. The summed E-state index contributed by atoms with van der Waals surface area (Å²) in [6.07, 6.45) is 0.535. The van der Waals surface area contributed by atoms with E-state index in [4.69, 9.17) is 9.47 Å². The molecule has 0 aromatic heterocycles. The van der Waals surface area contributed by atoms with Crippen molar-refractivity contribution in [2.24, 2.45) is 0 Å². The largest absolute Gasteiger partial charge is 0.497 e. The highest BCUT2D eigenvalue weighted by molar-refractivity contribution is 7.99. The predicted octanol–water partition coefficient (Wildman–Crippen LogP) is 4.66. The van der Waals surface area contributed by atoms with Crippen LogP contribution >= 0.6 is 11.8 Å². The van der Waals surface area contributed by atoms with E-state index in [0.717, 1.165) is 22.6 Å². The number of hydrogen-bond donors (Lipinski definition) is 1. The van der Waals surface area contributed by atoms with Crippen molar-refractivity contribution >= 4 is 23.6 Å². The molecule has 1 N–H and O–H groups in total. The van der Waals surface area contributed by atoms with Gasteiger partial charge in [0.15, 0.2) is 0 Å². The average Bonchev–Trinajstić information content (AvgIpc) is 2.78. The summed E-state index contributed by atoms with van der Waals surface area (Å²) in [5.41, 5.74) is 1.70. The lowest BCUT2D eigenvalue weighted by Gasteiger charge is -2.33. The molecule has 1 atom stereocenters. The lowest BCUT2D eigenvalue weighted by molar-refractivity contribution is -0.140. The van der Waals surface area contributed by atoms with Gasteiger partial charge in [0.25, 0.3) is 0 Å². The van der Waals surface area contributed by atoms with Crippen molar-refractivity contribution in [3.05, 3.63) is 59.7 Å². The maximum Gasteiger partial charge on any atom is 0.243 e. The first-order valence-electron chi connectivity index (χ1n) is 11.1. The Kier molecular flexibility index (Phi) is 10.1. The van der Waals surface area contributed by atoms with Gasteiger partial charge in [-0.25, -0.2) is 0 Å². The predicted molar refractivity (Wildman–Crippen MR) is 135 cm³/mol. The Morgan fingerprint density at radius 3 is 1.91 bits per heavy atom. The van der Waals surface area contributed by atoms with Crippen molar-refractivity contribution in [1.29, 1.82) is 0 Å². The summed E-state index contributed by atoms with van der Waals surface area (Å²) in [4.78, 5) is 28.0. The van der Waals surface area contributed by atoms with Gasteiger partial charge >= 0.3 is 0 Å². The van der Waals surface area contributed by atoms with Gasteiger partial charge in [-0.3, -0.25) is 9.59 Å². The van der Waals surface area contributed by atoms with Crippen molar-refractivity contribution in [2.75, 3.05) is 20.0 Å². The summed E-state index contributed by atoms with van der Waals surface area (Å²) in [5.74, 6) is 2.37. The third-order valence-corrected chi connectivity index (χ3v) is 6.04. The highest BCUT2D eigenvalue weighted by Crippen LogP contribution is 2.20. The van der Waals surface area contributed by atoms with Crippen LogP contribution in [0.3, 0.4) is 0 Å². The fraction of sp³-hybridized carbons (Fsp3) is 0.462. The van der Waals surface area contributed by atoms with Gasteiger partial charge in [-0.05, 0) is 62.6 Å². The summed E-state index contributed by atoms with van der Waals surface area (Å²) >= 11 is 1.54. The van der Waals surface area contributed by atoms with E-state index < -0.39 is 6.04 Å². The van der Waals surface area contributed by atoms with Crippen LogP contribution in [0.2, 0.25) is 0 Å². The zero-order chi connectivity index (χ0) is 24.4. The summed E-state index contributed by atoms with van der Waals surface area (Å²) in [7, 11) is 3.26. The minimum atomic E-state index is -0.541. The van der Waals surface area contributed by atoms with E-state index >= 15 is 0 Å². The first kappa shape index (κ1) is 26.6. The third-order valence-electron chi connectivity index (χ3n) is 5.05. The Morgan fingerprint density at radius 1 is 0.939 bits per heavy atom. The van der Waals surface area contributed by atoms with Gasteiger partial charge in [0.2, 0.25) is 11.8 Å². The minimum absolute atomic E-state index is 0.0553. The number of nitrogens with one attached hydrogen (secondary N) is 1. The molecule has 7 heteroatoms. The molecule has 0 radical (unpaired) electrons. The van der Waals surface area contributed by atoms with Crippen LogP contribution in [0.4, 0.5) is 0 Å². The standard InChI is InChI=1S/C26H36N2O4S/c1-7-23(25(30)27-26(2,3)4)28(16-19-8-12-21(31-5)13-9-19)24(29)18-33-17-20-10-14-22(32-6)15-11-20/h8-15,23H,7,16-18H2,1-6H3,(H,27,30). The van der Waals surface area contributed by atoms with Crippen LogP contribution in [0.15, 0.2) is 48.5 Å². The molecular formula is C26H36N2O4S. The van der Waals surface area contributed by atoms with Crippen molar-refractivity contribution in [3.8, 4) is 11.5 Å². The Morgan fingerprint density at radius 2 is 1.45 bits per heavy atom. The second kappa shape index (κ2) is 12.5. The topological polar surface area (TPSA) is 67.9 Å². The first-order valence-corrected chi connectivity index (χ1v) is 12.3. The number of amides is 2. The molecule has 2 rings (SSSR count). The number of methoxy groups -OCH3 is 2. The van der Waals surface area contributed by atoms with Crippen molar-refractivity contribution in [3.63, 3.8) is 0 Å². The quantitative estimate of drug-likeness (QED) is 0.515. The Labute approximate surface area is 202 Å². The van der Waals surface area contributed by atoms with Gasteiger partial charge < -0.3 is 19.7 Å². The number of carbonyl (C=O) groups excluding carboxylic acids is 2. The van der Waals surface area contributed by atoms with E-state index in [0.29, 0.717) is 24.5 Å². The van der Waals surface area contributed by atoms with Gasteiger partial charge in [-0.1, -0.05) is 31.2 Å². The molecule has 0 aliphatic heterocycles. The Hall–Kier alpha value is -2.67. The van der Waals surface area contributed by atoms with Crippen LogP contribution < -0.4 is 14.8 Å². The zero-order valence-electron chi connectivity index (χ0n) is 20.5. The number of ether oxygens (including phenoxy) is 2. The molecule has 0 heterocycles. The number of rotatable bonds is 11. The van der Waals surface area contributed by atoms with Gasteiger partial charge in [0.1, 0.15) is 17.5 Å². The number of hydrogen-bond acceptors (Lipinski definition) is 5. The van der Waals surface area contributed by atoms with Gasteiger partial charge in [0, 0.05) is 17.8 Å². The molecule has 6 nitrogen and oxygen atoms in total. The van der Waals surface area contributed by atoms with Crippen molar-refractivity contribution in [2.45, 2.75) is 58.0 Å². The Balaban J connectivity index is 2.14. The fourth-order valence-electron chi connectivity index (χ4n) is 3.36. The second-order valence-corrected chi connectivity index (χ2v) is 9.86. The molecule has 180 valence electrons. The lowest BCUT2D eigenvalue weighted by atomic mass is 10.1. The van der Waals surface area contributed by atoms with Crippen LogP contribution in [0, 0.1) is 0 Å². The SMILES string of the molecule is CCC(C(=O)NC(C)(C)C)N(Cc1ccc(OC)cc1)C(=O)CSCc1ccc(OC)cc1. The molecule has 2 aromatic rings. The third kappa shape index (κ3) is 8.65. The van der Waals surface area contributed by atoms with Crippen LogP contribution in [0.5, 0.6) is 11.5 Å². The number of thioether (sulfide) groups is 1. The van der Waals surface area contributed by atoms with E-state index in [2.05, 4.69) is 5.32 Å². The minimum Gasteiger partial charge on any atom is -0.497 e. The molecule has 0 saturated heterocycles. The summed E-state index contributed by atoms with van der Waals surface area (Å²) in [5, 5.41) is 3.03. The molecule has 33 heavy (non-hydrogen) atoms. The normalized spacial score (nSPS) is 12.1. The van der Waals surface area contributed by atoms with Gasteiger partial charge in [-0.2, -0.15) is 0 Å². The molecule has 0 aliphatic carbocycles. The summed E-state index contributed by atoms with van der Waals surface area (Å²) in [6.45, 7) is 8.13. The molecule has 2 aromatic carbocycles. The molecule has 0 aliphatic rings. The number of carbonyl (C=O) groups is 2. The zero-order valence-corrected chi connectivity index (χ0v) is 21.3. The van der Waals surface area contributed by atoms with Gasteiger partial charge in [-0.15, -0.1) is 11.8 Å². The average molecular weight is 473 g/mol. The highest BCUT2D eigenvalue weighted by Gasteiger charge is 2.30. The summed E-state index contributed by atoms with van der Waals surface area (Å²) < 4.78 is 10.4. The van der Waals surface area contributed by atoms with Crippen molar-refractivity contribution in [1.82, 2.24) is 10.2 Å². The number of nitrogens with zero attached hydrogens (tertiary/aromatic N) is 1.